The topological polar surface area (TPSA) is 55.0 Å². The third-order valence-electron chi connectivity index (χ3n) is 3.35. The first-order valence-corrected chi connectivity index (χ1v) is 7.00. The van der Waals surface area contributed by atoms with Crippen LogP contribution in [0.3, 0.4) is 0 Å². The molecule has 0 amide bonds. The molecule has 0 aliphatic rings. The maximum Gasteiger partial charge on any atom is 0.343 e. The van der Waals surface area contributed by atoms with Crippen LogP contribution >= 0.6 is 0 Å². The molecule has 23 heavy (non-hydrogen) atoms. The van der Waals surface area contributed by atoms with Crippen molar-refractivity contribution < 1.29 is 18.3 Å². The zero-order valence-corrected chi connectivity index (χ0v) is 12.6. The number of nitrogens with one attached hydrogen (secondary N) is 1. The van der Waals surface area contributed by atoms with E-state index in [9.17, 15) is 13.6 Å². The summed E-state index contributed by atoms with van der Waals surface area (Å²) in [6.07, 6.45) is -2.69. The smallest absolute Gasteiger partial charge is 0.343 e. The summed E-state index contributed by atoms with van der Waals surface area (Å²) < 4.78 is 30.6. The van der Waals surface area contributed by atoms with Gasteiger partial charge in [-0.15, -0.1) is 0 Å². The molecule has 1 aromatic heterocycles. The quantitative estimate of drug-likeness (QED) is 0.578. The highest BCUT2D eigenvalue weighted by Crippen LogP contribution is 2.22. The van der Waals surface area contributed by atoms with E-state index >= 15 is 0 Å². The number of fused-ring (bicyclic) bond motifs is 1. The number of imidazole rings is 1. The molecule has 1 N–H and O–H groups in total. The largest absolute Gasteiger partial charge is 0.423 e. The number of benzene rings is 2. The minimum Gasteiger partial charge on any atom is -0.423 e. The van der Waals surface area contributed by atoms with E-state index in [0.717, 1.165) is 11.1 Å². The molecule has 0 spiro atoms. The highest BCUT2D eigenvalue weighted by molar-refractivity contribution is 5.94. The van der Waals surface area contributed by atoms with Gasteiger partial charge in [0, 0.05) is 0 Å². The molecule has 3 aromatic rings. The molecular formula is C17H14F2N2O2. The Bertz CT molecular complexity index is 867. The first-order valence-electron chi connectivity index (χ1n) is 7.00. The second-order valence-electron chi connectivity index (χ2n) is 5.37. The van der Waals surface area contributed by atoms with Gasteiger partial charge in [0.15, 0.2) is 5.82 Å². The Balaban J connectivity index is 1.88. The molecule has 2 aromatic carbocycles. The maximum atomic E-state index is 12.6. The molecule has 0 unspecified atom stereocenters. The van der Waals surface area contributed by atoms with E-state index in [1.54, 1.807) is 12.1 Å². The van der Waals surface area contributed by atoms with Gasteiger partial charge < -0.3 is 9.72 Å². The van der Waals surface area contributed by atoms with E-state index in [1.165, 1.54) is 18.2 Å². The third-order valence-corrected chi connectivity index (χ3v) is 3.35. The number of esters is 1. The van der Waals surface area contributed by atoms with E-state index < -0.39 is 18.2 Å². The molecule has 0 radical (unpaired) electrons. The number of carbonyl (C=O) groups is 1. The van der Waals surface area contributed by atoms with Crippen molar-refractivity contribution in [2.75, 3.05) is 0 Å². The van der Waals surface area contributed by atoms with Gasteiger partial charge in [-0.2, -0.15) is 0 Å². The minimum absolute atomic E-state index is 0.265. The van der Waals surface area contributed by atoms with E-state index in [1.807, 2.05) is 19.9 Å². The predicted molar refractivity (Wildman–Crippen MR) is 81.9 cm³/mol. The van der Waals surface area contributed by atoms with Gasteiger partial charge in [-0.05, 0) is 55.3 Å². The highest BCUT2D eigenvalue weighted by Gasteiger charge is 2.15. The van der Waals surface area contributed by atoms with Gasteiger partial charge in [-0.3, -0.25) is 0 Å². The van der Waals surface area contributed by atoms with Crippen LogP contribution < -0.4 is 4.74 Å². The summed E-state index contributed by atoms with van der Waals surface area (Å²) in [5, 5.41) is 0. The summed E-state index contributed by atoms with van der Waals surface area (Å²) in [6, 6.07) is 9.96. The van der Waals surface area contributed by atoms with E-state index in [-0.39, 0.29) is 5.56 Å². The zero-order valence-electron chi connectivity index (χ0n) is 12.6. The van der Waals surface area contributed by atoms with Crippen LogP contribution in [0.5, 0.6) is 5.75 Å². The number of aryl methyl sites for hydroxylation is 2. The number of H-pyrrole nitrogens is 1. The minimum atomic E-state index is -2.69. The molecule has 0 aliphatic carbocycles. The van der Waals surface area contributed by atoms with Crippen LogP contribution in [-0.4, -0.2) is 15.9 Å². The number of halogens is 2. The molecule has 6 heteroatoms. The lowest BCUT2D eigenvalue weighted by molar-refractivity contribution is 0.0735. The Labute approximate surface area is 131 Å². The molecule has 0 saturated heterocycles. The van der Waals surface area contributed by atoms with Crippen LogP contribution in [0.15, 0.2) is 36.4 Å². The van der Waals surface area contributed by atoms with Crippen LogP contribution in [0.2, 0.25) is 0 Å². The number of aromatic nitrogens is 2. The van der Waals surface area contributed by atoms with Gasteiger partial charge in [-0.25, -0.2) is 18.6 Å². The summed E-state index contributed by atoms with van der Waals surface area (Å²) >= 11 is 0. The van der Waals surface area contributed by atoms with Gasteiger partial charge in [0.25, 0.3) is 6.43 Å². The first kappa shape index (κ1) is 15.1. The van der Waals surface area contributed by atoms with Crippen molar-refractivity contribution in [3.63, 3.8) is 0 Å². The molecule has 0 atom stereocenters. The molecule has 0 bridgehead atoms. The van der Waals surface area contributed by atoms with Gasteiger partial charge in [0.2, 0.25) is 0 Å². The van der Waals surface area contributed by atoms with Gasteiger partial charge in [0.05, 0.1) is 16.6 Å². The standard InChI is InChI=1S/C17H14F2N2O2/c1-9-5-10(2)7-12(6-9)23-17(22)11-3-4-13-14(8-11)21-16(20-13)15(18)19/h3-8,15H,1-2H3,(H,20,21). The van der Waals surface area contributed by atoms with E-state index in [4.69, 9.17) is 4.74 Å². The number of alkyl halides is 2. The normalized spacial score (nSPS) is 11.2. The number of hydrogen-bond acceptors (Lipinski definition) is 3. The van der Waals surface area contributed by atoms with Gasteiger partial charge in [0.1, 0.15) is 5.75 Å². The second kappa shape index (κ2) is 5.79. The van der Waals surface area contributed by atoms with Gasteiger partial charge >= 0.3 is 5.97 Å². The number of nitrogens with zero attached hydrogens (tertiary/aromatic N) is 1. The Kier molecular flexibility index (Phi) is 3.82. The second-order valence-corrected chi connectivity index (χ2v) is 5.37. The highest BCUT2D eigenvalue weighted by atomic mass is 19.3. The van der Waals surface area contributed by atoms with Crippen LogP contribution in [0, 0.1) is 13.8 Å². The van der Waals surface area contributed by atoms with Crippen molar-refractivity contribution >= 4 is 17.0 Å². The lowest BCUT2D eigenvalue weighted by atomic mass is 10.1. The fourth-order valence-electron chi connectivity index (χ4n) is 2.42. The number of ether oxygens (including phenoxy) is 1. The van der Waals surface area contributed by atoms with Crippen LogP contribution in [-0.2, 0) is 0 Å². The number of aromatic amines is 1. The van der Waals surface area contributed by atoms with Crippen molar-refractivity contribution in [2.24, 2.45) is 0 Å². The monoisotopic (exact) mass is 316 g/mol. The molecular weight excluding hydrogens is 302 g/mol. The molecule has 0 aliphatic heterocycles. The lowest BCUT2D eigenvalue weighted by Gasteiger charge is -2.06. The molecule has 3 rings (SSSR count). The number of hydrogen-bond donors (Lipinski definition) is 1. The Morgan fingerprint density at radius 3 is 2.48 bits per heavy atom. The van der Waals surface area contributed by atoms with Crippen molar-refractivity contribution in [2.45, 2.75) is 20.3 Å². The summed E-state index contributed by atoms with van der Waals surface area (Å²) in [6.45, 7) is 3.82. The average molecular weight is 316 g/mol. The number of carbonyl (C=O) groups excluding carboxylic acids is 1. The van der Waals surface area contributed by atoms with E-state index in [0.29, 0.717) is 16.8 Å². The van der Waals surface area contributed by atoms with Crippen LogP contribution in [0.4, 0.5) is 8.78 Å². The first-order chi connectivity index (χ1) is 10.9. The zero-order chi connectivity index (χ0) is 16.6. The molecule has 0 saturated carbocycles. The summed E-state index contributed by atoms with van der Waals surface area (Å²) in [4.78, 5) is 18.5. The summed E-state index contributed by atoms with van der Waals surface area (Å²) in [5.41, 5.74) is 2.98. The maximum absolute atomic E-state index is 12.6. The predicted octanol–water partition coefficient (Wildman–Crippen LogP) is 4.34. The molecule has 0 fully saturated rings. The Morgan fingerprint density at radius 1 is 1.13 bits per heavy atom. The van der Waals surface area contributed by atoms with Gasteiger partial charge in [-0.1, -0.05) is 6.07 Å². The Morgan fingerprint density at radius 2 is 1.83 bits per heavy atom. The van der Waals surface area contributed by atoms with Crippen LogP contribution in [0.25, 0.3) is 11.0 Å². The fraction of sp³-hybridized carbons (Fsp3) is 0.176. The van der Waals surface area contributed by atoms with Crippen molar-refractivity contribution in [3.8, 4) is 5.75 Å². The lowest BCUT2D eigenvalue weighted by Crippen LogP contribution is -2.08. The summed E-state index contributed by atoms with van der Waals surface area (Å²) in [7, 11) is 0. The fourth-order valence-corrected chi connectivity index (χ4v) is 2.42. The third kappa shape index (κ3) is 3.21. The average Bonchev–Trinajstić information content (AvgIpc) is 2.89. The SMILES string of the molecule is Cc1cc(C)cc(OC(=O)c2ccc3nc(C(F)F)[nH]c3c2)c1. The van der Waals surface area contributed by atoms with Crippen molar-refractivity contribution in [3.05, 3.63) is 58.9 Å². The molecule has 118 valence electrons. The number of rotatable bonds is 3. The Hall–Kier alpha value is -2.76. The van der Waals surface area contributed by atoms with Crippen LogP contribution in [0.1, 0.15) is 33.7 Å². The molecule has 1 heterocycles. The summed E-state index contributed by atoms with van der Waals surface area (Å²) in [5.74, 6) is -0.518. The molecule has 4 nitrogen and oxygen atoms in total. The van der Waals surface area contributed by atoms with E-state index in [2.05, 4.69) is 9.97 Å². The van der Waals surface area contributed by atoms with Crippen molar-refractivity contribution in [1.82, 2.24) is 9.97 Å². The van der Waals surface area contributed by atoms with Crippen molar-refractivity contribution in [1.29, 1.82) is 0 Å².